The predicted octanol–water partition coefficient (Wildman–Crippen LogP) is 4.02. The number of halogens is 1. The molecule has 1 N–H and O–H groups in total. The predicted molar refractivity (Wildman–Crippen MR) is 101 cm³/mol. The summed E-state index contributed by atoms with van der Waals surface area (Å²) in [6.07, 6.45) is 2.89. The van der Waals surface area contributed by atoms with Gasteiger partial charge in [-0.15, -0.1) is 0 Å². The molecule has 0 aliphatic heterocycles. The van der Waals surface area contributed by atoms with Crippen LogP contribution in [-0.4, -0.2) is 19.9 Å². The molecule has 0 saturated carbocycles. The fraction of sp³-hybridized carbons (Fsp3) is 0.0909. The molecule has 0 spiro atoms. The van der Waals surface area contributed by atoms with Crippen LogP contribution in [0.2, 0.25) is 0 Å². The summed E-state index contributed by atoms with van der Waals surface area (Å²) in [5, 5.41) is 15.6. The van der Waals surface area contributed by atoms with Gasteiger partial charge in [0.2, 0.25) is 0 Å². The number of benzene rings is 3. The monoisotopic (exact) mass is 359 g/mol. The van der Waals surface area contributed by atoms with Gasteiger partial charge in [0.25, 0.3) is 0 Å². The maximum Gasteiger partial charge on any atom is 0.137 e. The summed E-state index contributed by atoms with van der Waals surface area (Å²) in [6.45, 7) is 0.0542. The lowest BCUT2D eigenvalue weighted by molar-refractivity contribution is 0.0536. The van der Waals surface area contributed by atoms with Gasteiger partial charge in [-0.3, -0.25) is 0 Å². The summed E-state index contributed by atoms with van der Waals surface area (Å²) in [7, 11) is 0. The minimum atomic E-state index is -1.58. The molecule has 1 unspecified atom stereocenters. The smallest absolute Gasteiger partial charge is 0.137 e. The van der Waals surface area contributed by atoms with E-state index in [1.54, 1.807) is 18.2 Å². The van der Waals surface area contributed by atoms with Crippen molar-refractivity contribution in [1.82, 2.24) is 14.8 Å². The zero-order chi connectivity index (χ0) is 18.7. The van der Waals surface area contributed by atoms with Crippen LogP contribution in [0.15, 0.2) is 91.5 Å². The van der Waals surface area contributed by atoms with Crippen LogP contribution >= 0.6 is 0 Å². The van der Waals surface area contributed by atoms with E-state index in [0.717, 1.165) is 11.1 Å². The molecule has 4 aromatic rings. The van der Waals surface area contributed by atoms with E-state index >= 15 is 0 Å². The standard InChI is InChI=1S/C22H18FN3O/c23-21-9-5-4-8-20(21)22(27,14-26-16-24-15-25-26)19-12-10-18(11-13-19)17-6-2-1-3-7-17/h1-13,15-16,27H,14H2. The van der Waals surface area contributed by atoms with Gasteiger partial charge in [0, 0.05) is 5.56 Å². The Morgan fingerprint density at radius 2 is 1.52 bits per heavy atom. The molecule has 0 bridgehead atoms. The first-order valence-corrected chi connectivity index (χ1v) is 8.62. The maximum absolute atomic E-state index is 14.5. The fourth-order valence-electron chi connectivity index (χ4n) is 3.25. The average Bonchev–Trinajstić information content (AvgIpc) is 3.22. The Bertz CT molecular complexity index is 1020. The highest BCUT2D eigenvalue weighted by atomic mass is 19.1. The molecule has 1 aromatic heterocycles. The second-order valence-electron chi connectivity index (χ2n) is 6.38. The lowest BCUT2D eigenvalue weighted by atomic mass is 9.85. The fourth-order valence-corrected chi connectivity index (χ4v) is 3.25. The van der Waals surface area contributed by atoms with Crippen molar-refractivity contribution >= 4 is 0 Å². The Kier molecular flexibility index (Phi) is 4.52. The minimum Gasteiger partial charge on any atom is -0.378 e. The average molecular weight is 359 g/mol. The van der Waals surface area contributed by atoms with Crippen molar-refractivity contribution < 1.29 is 9.50 Å². The van der Waals surface area contributed by atoms with Gasteiger partial charge in [0.1, 0.15) is 24.1 Å². The molecule has 1 atom stereocenters. The maximum atomic E-state index is 14.5. The molecule has 0 amide bonds. The van der Waals surface area contributed by atoms with Crippen molar-refractivity contribution in [2.24, 2.45) is 0 Å². The van der Waals surface area contributed by atoms with Gasteiger partial charge in [-0.05, 0) is 22.8 Å². The molecule has 0 fully saturated rings. The van der Waals surface area contributed by atoms with Crippen molar-refractivity contribution in [3.63, 3.8) is 0 Å². The van der Waals surface area contributed by atoms with Crippen molar-refractivity contribution in [2.75, 3.05) is 0 Å². The molecular formula is C22H18FN3O. The summed E-state index contributed by atoms with van der Waals surface area (Å²) in [5.74, 6) is -0.466. The van der Waals surface area contributed by atoms with E-state index in [1.165, 1.54) is 23.4 Å². The minimum absolute atomic E-state index is 0.0542. The zero-order valence-corrected chi connectivity index (χ0v) is 14.5. The summed E-state index contributed by atoms with van der Waals surface area (Å²) >= 11 is 0. The highest BCUT2D eigenvalue weighted by Gasteiger charge is 2.35. The van der Waals surface area contributed by atoms with E-state index in [1.807, 2.05) is 54.6 Å². The lowest BCUT2D eigenvalue weighted by Crippen LogP contribution is -2.34. The highest BCUT2D eigenvalue weighted by Crippen LogP contribution is 2.34. The Morgan fingerprint density at radius 3 is 2.19 bits per heavy atom. The first-order valence-electron chi connectivity index (χ1n) is 8.62. The first-order chi connectivity index (χ1) is 13.2. The van der Waals surface area contributed by atoms with Crippen LogP contribution in [-0.2, 0) is 12.1 Å². The van der Waals surface area contributed by atoms with Crippen LogP contribution in [0.5, 0.6) is 0 Å². The highest BCUT2D eigenvalue weighted by molar-refractivity contribution is 5.63. The van der Waals surface area contributed by atoms with Gasteiger partial charge in [-0.2, -0.15) is 5.10 Å². The van der Waals surface area contributed by atoms with Crippen LogP contribution in [0.1, 0.15) is 11.1 Å². The van der Waals surface area contributed by atoms with Crippen LogP contribution in [0, 0.1) is 5.82 Å². The summed E-state index contributed by atoms with van der Waals surface area (Å²) in [6, 6.07) is 23.7. The van der Waals surface area contributed by atoms with Gasteiger partial charge in [0.15, 0.2) is 0 Å². The quantitative estimate of drug-likeness (QED) is 0.585. The number of aromatic nitrogens is 3. The molecule has 0 aliphatic carbocycles. The molecular weight excluding hydrogens is 341 g/mol. The molecule has 27 heavy (non-hydrogen) atoms. The first kappa shape index (κ1) is 17.1. The summed E-state index contributed by atoms with van der Waals surface area (Å²) < 4.78 is 16.0. The van der Waals surface area contributed by atoms with Crippen molar-refractivity contribution in [2.45, 2.75) is 12.1 Å². The largest absolute Gasteiger partial charge is 0.378 e. The van der Waals surface area contributed by atoms with Crippen LogP contribution < -0.4 is 0 Å². The number of hydrogen-bond acceptors (Lipinski definition) is 3. The molecule has 1 heterocycles. The van der Waals surface area contributed by atoms with Crippen LogP contribution in [0.25, 0.3) is 11.1 Å². The molecule has 5 heteroatoms. The molecule has 0 saturated heterocycles. The van der Waals surface area contributed by atoms with Gasteiger partial charge in [-0.25, -0.2) is 14.1 Å². The Labute approximate surface area is 156 Å². The third-order valence-electron chi connectivity index (χ3n) is 4.65. The molecule has 3 aromatic carbocycles. The third-order valence-corrected chi connectivity index (χ3v) is 4.65. The molecule has 0 aliphatic rings. The van der Waals surface area contributed by atoms with Gasteiger partial charge < -0.3 is 5.11 Å². The number of rotatable bonds is 5. The Balaban J connectivity index is 1.78. The van der Waals surface area contributed by atoms with E-state index in [4.69, 9.17) is 0 Å². The normalized spacial score (nSPS) is 13.3. The second kappa shape index (κ2) is 7.13. The lowest BCUT2D eigenvalue weighted by Gasteiger charge is -2.29. The van der Waals surface area contributed by atoms with Gasteiger partial charge >= 0.3 is 0 Å². The third kappa shape index (κ3) is 3.37. The van der Waals surface area contributed by atoms with Crippen molar-refractivity contribution in [1.29, 1.82) is 0 Å². The molecule has 134 valence electrons. The van der Waals surface area contributed by atoms with Gasteiger partial charge in [-0.1, -0.05) is 72.8 Å². The molecule has 4 rings (SSSR count). The summed E-state index contributed by atoms with van der Waals surface area (Å²) in [4.78, 5) is 3.92. The zero-order valence-electron chi connectivity index (χ0n) is 14.5. The van der Waals surface area contributed by atoms with E-state index < -0.39 is 11.4 Å². The Morgan fingerprint density at radius 1 is 0.852 bits per heavy atom. The number of hydrogen-bond donors (Lipinski definition) is 1. The summed E-state index contributed by atoms with van der Waals surface area (Å²) in [5.41, 5.74) is 1.32. The van der Waals surface area contributed by atoms with Crippen molar-refractivity contribution in [3.05, 3.63) is 108 Å². The SMILES string of the molecule is OC(Cn1cncn1)(c1ccc(-c2ccccc2)cc1)c1ccccc1F. The van der Waals surface area contributed by atoms with E-state index in [0.29, 0.717) is 5.56 Å². The second-order valence-corrected chi connectivity index (χ2v) is 6.38. The van der Waals surface area contributed by atoms with Crippen LogP contribution in [0.4, 0.5) is 4.39 Å². The molecule has 0 radical (unpaired) electrons. The number of nitrogens with zero attached hydrogens (tertiary/aromatic N) is 3. The van der Waals surface area contributed by atoms with E-state index in [9.17, 15) is 9.50 Å². The van der Waals surface area contributed by atoms with E-state index in [-0.39, 0.29) is 12.1 Å². The van der Waals surface area contributed by atoms with Gasteiger partial charge in [0.05, 0.1) is 6.54 Å². The van der Waals surface area contributed by atoms with Crippen LogP contribution in [0.3, 0.4) is 0 Å². The Hall–Kier alpha value is -3.31. The number of aliphatic hydroxyl groups is 1. The van der Waals surface area contributed by atoms with Crippen molar-refractivity contribution in [3.8, 4) is 11.1 Å². The molecule has 4 nitrogen and oxygen atoms in total. The topological polar surface area (TPSA) is 50.9 Å². The van der Waals surface area contributed by atoms with E-state index in [2.05, 4.69) is 10.1 Å².